The van der Waals surface area contributed by atoms with Crippen molar-refractivity contribution in [2.24, 2.45) is 0 Å². The first-order chi connectivity index (χ1) is 14.5. The zero-order chi connectivity index (χ0) is 21.1. The van der Waals surface area contributed by atoms with Crippen molar-refractivity contribution in [3.05, 3.63) is 83.2 Å². The van der Waals surface area contributed by atoms with Crippen molar-refractivity contribution < 1.29 is 28.2 Å². The number of amides is 1. The van der Waals surface area contributed by atoms with E-state index in [0.717, 1.165) is 0 Å². The van der Waals surface area contributed by atoms with Crippen LogP contribution in [0.5, 0.6) is 17.2 Å². The molecule has 3 aromatic carbocycles. The molecule has 0 fully saturated rings. The first-order valence-electron chi connectivity index (χ1n) is 9.24. The zero-order valence-electron chi connectivity index (χ0n) is 16.1. The van der Waals surface area contributed by atoms with Gasteiger partial charge in [0.15, 0.2) is 17.3 Å². The van der Waals surface area contributed by atoms with Gasteiger partial charge in [0.25, 0.3) is 5.91 Å². The summed E-state index contributed by atoms with van der Waals surface area (Å²) in [5, 5.41) is 2.73. The fourth-order valence-electron chi connectivity index (χ4n) is 3.07. The summed E-state index contributed by atoms with van der Waals surface area (Å²) in [6.07, 6.45) is 0. The van der Waals surface area contributed by atoms with E-state index >= 15 is 0 Å². The van der Waals surface area contributed by atoms with Crippen LogP contribution in [0.4, 0.5) is 10.1 Å². The van der Waals surface area contributed by atoms with Crippen molar-refractivity contribution in [2.75, 3.05) is 25.6 Å². The lowest BCUT2D eigenvalue weighted by Crippen LogP contribution is -2.19. The van der Waals surface area contributed by atoms with Crippen LogP contribution in [-0.4, -0.2) is 32.0 Å². The van der Waals surface area contributed by atoms with E-state index in [-0.39, 0.29) is 22.6 Å². The SMILES string of the molecule is COc1ccc(C(=O)c2cc3c(cc2NC(=O)c2ccc(F)cc2)OCCO3)cc1. The van der Waals surface area contributed by atoms with Crippen LogP contribution in [0.1, 0.15) is 26.3 Å². The van der Waals surface area contributed by atoms with Crippen molar-refractivity contribution in [1.29, 1.82) is 0 Å². The van der Waals surface area contributed by atoms with Crippen LogP contribution in [-0.2, 0) is 0 Å². The van der Waals surface area contributed by atoms with Crippen molar-refractivity contribution in [3.63, 3.8) is 0 Å². The predicted octanol–water partition coefficient (Wildman–Crippen LogP) is 4.09. The number of methoxy groups -OCH3 is 1. The van der Waals surface area contributed by atoms with Crippen molar-refractivity contribution in [3.8, 4) is 17.2 Å². The van der Waals surface area contributed by atoms with Crippen LogP contribution in [0.3, 0.4) is 0 Å². The lowest BCUT2D eigenvalue weighted by atomic mass is 10.00. The van der Waals surface area contributed by atoms with Gasteiger partial charge in [-0.1, -0.05) is 0 Å². The number of fused-ring (bicyclic) bond motifs is 1. The van der Waals surface area contributed by atoms with E-state index < -0.39 is 11.7 Å². The second-order valence-electron chi connectivity index (χ2n) is 6.56. The average molecular weight is 407 g/mol. The average Bonchev–Trinajstić information content (AvgIpc) is 2.78. The number of carbonyl (C=O) groups excluding carboxylic acids is 2. The molecule has 1 aliphatic heterocycles. The first kappa shape index (κ1) is 19.4. The van der Waals surface area contributed by atoms with Gasteiger partial charge >= 0.3 is 0 Å². The summed E-state index contributed by atoms with van der Waals surface area (Å²) < 4.78 is 29.5. The highest BCUT2D eigenvalue weighted by Crippen LogP contribution is 2.37. The van der Waals surface area contributed by atoms with Crippen LogP contribution in [0.2, 0.25) is 0 Å². The standard InChI is InChI=1S/C23H18FNO5/c1-28-17-8-4-14(5-9-17)22(26)18-12-20-21(30-11-10-29-20)13-19(18)25-23(27)15-2-6-16(24)7-3-15/h2-9,12-13H,10-11H2,1H3,(H,25,27). The summed E-state index contributed by atoms with van der Waals surface area (Å²) in [4.78, 5) is 25.8. The largest absolute Gasteiger partial charge is 0.497 e. The number of carbonyl (C=O) groups is 2. The molecule has 0 saturated heterocycles. The predicted molar refractivity (Wildman–Crippen MR) is 108 cm³/mol. The normalized spacial score (nSPS) is 12.2. The van der Waals surface area contributed by atoms with E-state index in [1.54, 1.807) is 43.5 Å². The second-order valence-corrected chi connectivity index (χ2v) is 6.56. The molecular weight excluding hydrogens is 389 g/mol. The maximum Gasteiger partial charge on any atom is 0.255 e. The van der Waals surface area contributed by atoms with Gasteiger partial charge in [0.2, 0.25) is 0 Å². The molecule has 1 N–H and O–H groups in total. The Morgan fingerprint density at radius 3 is 2.13 bits per heavy atom. The van der Waals surface area contributed by atoms with Gasteiger partial charge < -0.3 is 19.5 Å². The second kappa shape index (κ2) is 8.24. The Morgan fingerprint density at radius 2 is 1.50 bits per heavy atom. The first-order valence-corrected chi connectivity index (χ1v) is 9.24. The third-order valence-corrected chi connectivity index (χ3v) is 4.63. The summed E-state index contributed by atoms with van der Waals surface area (Å²) >= 11 is 0. The van der Waals surface area contributed by atoms with Gasteiger partial charge in [0, 0.05) is 17.2 Å². The molecule has 152 valence electrons. The number of halogens is 1. The van der Waals surface area contributed by atoms with Crippen molar-refractivity contribution in [1.82, 2.24) is 0 Å². The summed E-state index contributed by atoms with van der Waals surface area (Å²) in [6.45, 7) is 0.731. The van der Waals surface area contributed by atoms with Gasteiger partial charge in [-0.25, -0.2) is 4.39 Å². The topological polar surface area (TPSA) is 73.9 Å². The smallest absolute Gasteiger partial charge is 0.255 e. The monoisotopic (exact) mass is 407 g/mol. The Labute approximate surface area is 172 Å². The molecule has 30 heavy (non-hydrogen) atoms. The van der Waals surface area contributed by atoms with E-state index in [1.807, 2.05) is 0 Å². The van der Waals surface area contributed by atoms with E-state index in [1.165, 1.54) is 24.3 Å². The number of benzene rings is 3. The Bertz CT molecular complexity index is 1090. The van der Waals surface area contributed by atoms with Crippen LogP contribution >= 0.6 is 0 Å². The molecule has 0 unspecified atom stereocenters. The number of ether oxygens (including phenoxy) is 3. The lowest BCUT2D eigenvalue weighted by Gasteiger charge is -2.21. The quantitative estimate of drug-likeness (QED) is 0.645. The van der Waals surface area contributed by atoms with Gasteiger partial charge in [0.05, 0.1) is 18.4 Å². The molecule has 6 nitrogen and oxygen atoms in total. The van der Waals surface area contributed by atoms with Gasteiger partial charge in [0.1, 0.15) is 24.8 Å². The molecule has 0 bridgehead atoms. The Balaban J connectivity index is 1.71. The molecule has 0 radical (unpaired) electrons. The molecular formula is C23H18FNO5. The molecule has 1 amide bonds. The highest BCUT2D eigenvalue weighted by Gasteiger charge is 2.22. The van der Waals surface area contributed by atoms with Crippen LogP contribution < -0.4 is 19.5 Å². The van der Waals surface area contributed by atoms with E-state index in [0.29, 0.717) is 36.0 Å². The summed E-state index contributed by atoms with van der Waals surface area (Å²) in [7, 11) is 1.54. The van der Waals surface area contributed by atoms with Crippen LogP contribution in [0, 0.1) is 5.82 Å². The van der Waals surface area contributed by atoms with E-state index in [2.05, 4.69) is 5.32 Å². The summed E-state index contributed by atoms with van der Waals surface area (Å²) in [5.74, 6) is 0.263. The van der Waals surface area contributed by atoms with Gasteiger partial charge in [-0.05, 0) is 54.6 Å². The molecule has 0 atom stereocenters. The maximum absolute atomic E-state index is 13.2. The van der Waals surface area contributed by atoms with Crippen LogP contribution in [0.15, 0.2) is 60.7 Å². The van der Waals surface area contributed by atoms with Gasteiger partial charge in [-0.15, -0.1) is 0 Å². The molecule has 1 heterocycles. The molecule has 0 aliphatic carbocycles. The molecule has 1 aliphatic rings. The maximum atomic E-state index is 13.2. The van der Waals surface area contributed by atoms with Crippen molar-refractivity contribution >= 4 is 17.4 Å². The Kier molecular flexibility index (Phi) is 5.34. The minimum absolute atomic E-state index is 0.250. The molecule has 7 heteroatoms. The number of ketones is 1. The van der Waals surface area contributed by atoms with E-state index in [4.69, 9.17) is 14.2 Å². The van der Waals surface area contributed by atoms with Gasteiger partial charge in [-0.3, -0.25) is 9.59 Å². The number of nitrogens with one attached hydrogen (secondary N) is 1. The Hall–Kier alpha value is -3.87. The van der Waals surface area contributed by atoms with Crippen molar-refractivity contribution in [2.45, 2.75) is 0 Å². The summed E-state index contributed by atoms with van der Waals surface area (Å²) in [5.41, 5.74) is 1.20. The number of hydrogen-bond donors (Lipinski definition) is 1. The number of anilines is 1. The number of hydrogen-bond acceptors (Lipinski definition) is 5. The minimum Gasteiger partial charge on any atom is -0.497 e. The molecule has 4 rings (SSSR count). The minimum atomic E-state index is -0.476. The Morgan fingerprint density at radius 1 is 0.900 bits per heavy atom. The summed E-state index contributed by atoms with van der Waals surface area (Å²) in [6, 6.07) is 14.9. The van der Waals surface area contributed by atoms with Gasteiger partial charge in [-0.2, -0.15) is 0 Å². The highest BCUT2D eigenvalue weighted by atomic mass is 19.1. The fraction of sp³-hybridized carbons (Fsp3) is 0.130. The lowest BCUT2D eigenvalue weighted by molar-refractivity contribution is 0.102. The number of rotatable bonds is 5. The molecule has 3 aromatic rings. The highest BCUT2D eigenvalue weighted by molar-refractivity contribution is 6.15. The third-order valence-electron chi connectivity index (χ3n) is 4.63. The molecule has 0 spiro atoms. The fourth-order valence-corrected chi connectivity index (χ4v) is 3.07. The molecule has 0 aromatic heterocycles. The van der Waals surface area contributed by atoms with E-state index in [9.17, 15) is 14.0 Å². The third kappa shape index (κ3) is 3.96. The van der Waals surface area contributed by atoms with Crippen LogP contribution in [0.25, 0.3) is 0 Å². The zero-order valence-corrected chi connectivity index (χ0v) is 16.1. The molecule has 0 saturated carbocycles.